The van der Waals surface area contributed by atoms with Crippen LogP contribution in [0.2, 0.25) is 0 Å². The lowest BCUT2D eigenvalue weighted by atomic mass is 10.2. The lowest BCUT2D eigenvalue weighted by Gasteiger charge is -2.18. The van der Waals surface area contributed by atoms with Gasteiger partial charge in [-0.2, -0.15) is 0 Å². The molecule has 1 aliphatic rings. The molecule has 0 bridgehead atoms. The number of carbonyl (C=O) groups excluding carboxylic acids is 1. The minimum Gasteiger partial charge on any atom is -0.493 e. The van der Waals surface area contributed by atoms with Crippen molar-refractivity contribution in [1.29, 1.82) is 0 Å². The minimum atomic E-state index is -0.183. The Morgan fingerprint density at radius 1 is 1.24 bits per heavy atom. The first-order chi connectivity index (χ1) is 10.1. The predicted molar refractivity (Wildman–Crippen MR) is 79.3 cm³/mol. The van der Waals surface area contributed by atoms with Crippen LogP contribution in [0.3, 0.4) is 0 Å². The molecule has 0 unspecified atom stereocenters. The van der Waals surface area contributed by atoms with Crippen LogP contribution in [0.25, 0.3) is 0 Å². The number of carbonyl (C=O) groups is 1. The average molecular weight is 295 g/mol. The summed E-state index contributed by atoms with van der Waals surface area (Å²) in [6.45, 7) is 1.23. The predicted octanol–water partition coefficient (Wildman–Crippen LogP) is 1.28. The number of nitrogens with two attached hydrogens (primary N) is 1. The third kappa shape index (κ3) is 3.30. The summed E-state index contributed by atoms with van der Waals surface area (Å²) in [7, 11) is 4.59. The van der Waals surface area contributed by atoms with Gasteiger partial charge in [0, 0.05) is 31.3 Å². The number of hydrogen-bond acceptors (Lipinski definition) is 5. The van der Waals surface area contributed by atoms with Gasteiger partial charge >= 0.3 is 6.03 Å². The zero-order chi connectivity index (χ0) is 15.4. The van der Waals surface area contributed by atoms with Crippen molar-refractivity contribution in [3.63, 3.8) is 0 Å². The molecule has 2 rings (SSSR count). The molecule has 3 N–H and O–H groups in total. The Morgan fingerprint density at radius 2 is 1.86 bits per heavy atom. The van der Waals surface area contributed by atoms with Crippen LogP contribution >= 0.6 is 0 Å². The SMILES string of the molecule is COc1cc(NC(=O)N2CC[C@@H](N)C2)cc(OC)c1OC. The van der Waals surface area contributed by atoms with Crippen LogP contribution < -0.4 is 25.3 Å². The number of amides is 2. The Bertz CT molecular complexity index is 496. The topological polar surface area (TPSA) is 86.1 Å². The van der Waals surface area contributed by atoms with Gasteiger partial charge in [0.2, 0.25) is 5.75 Å². The van der Waals surface area contributed by atoms with E-state index in [-0.39, 0.29) is 12.1 Å². The van der Waals surface area contributed by atoms with Crippen molar-refractivity contribution in [3.8, 4) is 17.2 Å². The van der Waals surface area contributed by atoms with Crippen LogP contribution in [0, 0.1) is 0 Å². The van der Waals surface area contributed by atoms with E-state index >= 15 is 0 Å². The third-order valence-corrected chi connectivity index (χ3v) is 3.43. The molecule has 7 nitrogen and oxygen atoms in total. The Morgan fingerprint density at radius 3 is 2.29 bits per heavy atom. The van der Waals surface area contributed by atoms with Gasteiger partial charge in [0.1, 0.15) is 0 Å². The highest BCUT2D eigenvalue weighted by molar-refractivity contribution is 5.90. The number of rotatable bonds is 4. The molecule has 0 saturated carbocycles. The Hall–Kier alpha value is -2.15. The van der Waals surface area contributed by atoms with E-state index in [0.29, 0.717) is 36.0 Å². The van der Waals surface area contributed by atoms with Crippen molar-refractivity contribution >= 4 is 11.7 Å². The van der Waals surface area contributed by atoms with E-state index in [2.05, 4.69) is 5.32 Å². The number of nitrogens with one attached hydrogen (secondary N) is 1. The largest absolute Gasteiger partial charge is 0.493 e. The second-order valence-corrected chi connectivity index (χ2v) is 4.84. The number of hydrogen-bond donors (Lipinski definition) is 2. The fourth-order valence-electron chi connectivity index (χ4n) is 2.33. The Labute approximate surface area is 123 Å². The first-order valence-corrected chi connectivity index (χ1v) is 6.70. The smallest absolute Gasteiger partial charge is 0.321 e. The average Bonchev–Trinajstić information content (AvgIpc) is 2.92. The fourth-order valence-corrected chi connectivity index (χ4v) is 2.33. The van der Waals surface area contributed by atoms with Crippen molar-refractivity contribution in [2.24, 2.45) is 5.73 Å². The summed E-state index contributed by atoms with van der Waals surface area (Å²) < 4.78 is 15.7. The van der Waals surface area contributed by atoms with Crippen molar-refractivity contribution in [3.05, 3.63) is 12.1 Å². The first-order valence-electron chi connectivity index (χ1n) is 6.70. The molecule has 1 aromatic carbocycles. The van der Waals surface area contributed by atoms with E-state index in [0.717, 1.165) is 6.42 Å². The maximum absolute atomic E-state index is 12.2. The number of urea groups is 1. The summed E-state index contributed by atoms with van der Waals surface area (Å²) in [6, 6.07) is 3.25. The van der Waals surface area contributed by atoms with Crippen molar-refractivity contribution in [2.45, 2.75) is 12.5 Å². The second-order valence-electron chi connectivity index (χ2n) is 4.84. The van der Waals surface area contributed by atoms with Gasteiger partial charge in [-0.15, -0.1) is 0 Å². The van der Waals surface area contributed by atoms with E-state index in [1.807, 2.05) is 0 Å². The highest BCUT2D eigenvalue weighted by Crippen LogP contribution is 2.39. The third-order valence-electron chi connectivity index (χ3n) is 3.43. The maximum Gasteiger partial charge on any atom is 0.321 e. The number of methoxy groups -OCH3 is 3. The Kier molecular flexibility index (Phi) is 4.74. The highest BCUT2D eigenvalue weighted by atomic mass is 16.5. The summed E-state index contributed by atoms with van der Waals surface area (Å²) in [4.78, 5) is 13.8. The van der Waals surface area contributed by atoms with Gasteiger partial charge in [-0.1, -0.05) is 0 Å². The summed E-state index contributed by atoms with van der Waals surface area (Å²) in [6.07, 6.45) is 0.822. The minimum absolute atomic E-state index is 0.0516. The second kappa shape index (κ2) is 6.53. The molecule has 0 aromatic heterocycles. The lowest BCUT2D eigenvalue weighted by molar-refractivity contribution is 0.222. The maximum atomic E-state index is 12.2. The molecule has 7 heteroatoms. The normalized spacial score (nSPS) is 17.5. The van der Waals surface area contributed by atoms with Gasteiger partial charge in [-0.3, -0.25) is 0 Å². The molecule has 1 heterocycles. The molecule has 0 aliphatic carbocycles. The van der Waals surface area contributed by atoms with Crippen LogP contribution in [-0.2, 0) is 0 Å². The standard InChI is InChI=1S/C14H21N3O4/c1-19-11-6-10(7-12(20-2)13(11)21-3)16-14(18)17-5-4-9(15)8-17/h6-7,9H,4-5,8,15H2,1-3H3,(H,16,18)/t9-/m1/s1. The molecule has 2 amide bonds. The van der Waals surface area contributed by atoms with Gasteiger partial charge in [0.15, 0.2) is 11.5 Å². The van der Waals surface area contributed by atoms with Gasteiger partial charge in [-0.05, 0) is 6.42 Å². The van der Waals surface area contributed by atoms with Crippen molar-refractivity contribution in [1.82, 2.24) is 4.90 Å². The number of nitrogens with zero attached hydrogens (tertiary/aromatic N) is 1. The van der Waals surface area contributed by atoms with E-state index in [1.54, 1.807) is 17.0 Å². The van der Waals surface area contributed by atoms with Crippen LogP contribution in [0.4, 0.5) is 10.5 Å². The van der Waals surface area contributed by atoms with Gasteiger partial charge in [0.25, 0.3) is 0 Å². The number of likely N-dealkylation sites (tertiary alicyclic amines) is 1. The highest BCUT2D eigenvalue weighted by Gasteiger charge is 2.24. The number of ether oxygens (including phenoxy) is 3. The zero-order valence-corrected chi connectivity index (χ0v) is 12.5. The molecule has 1 saturated heterocycles. The van der Waals surface area contributed by atoms with E-state index < -0.39 is 0 Å². The molecule has 0 spiro atoms. The quantitative estimate of drug-likeness (QED) is 0.874. The van der Waals surface area contributed by atoms with Crippen molar-refractivity contribution < 1.29 is 19.0 Å². The van der Waals surface area contributed by atoms with Crippen molar-refractivity contribution in [2.75, 3.05) is 39.7 Å². The molecule has 1 aliphatic heterocycles. The van der Waals surface area contributed by atoms with Gasteiger partial charge in [-0.25, -0.2) is 4.79 Å². The van der Waals surface area contributed by atoms with Crippen LogP contribution in [-0.4, -0.2) is 51.4 Å². The van der Waals surface area contributed by atoms with Gasteiger partial charge in [0.05, 0.1) is 27.0 Å². The molecule has 116 valence electrons. The summed E-state index contributed by atoms with van der Waals surface area (Å²) in [5.41, 5.74) is 6.39. The fraction of sp³-hybridized carbons (Fsp3) is 0.500. The molecule has 21 heavy (non-hydrogen) atoms. The van der Waals surface area contributed by atoms with E-state index in [1.165, 1.54) is 21.3 Å². The molecule has 0 radical (unpaired) electrons. The molecular formula is C14H21N3O4. The van der Waals surface area contributed by atoms with Crippen LogP contribution in [0.5, 0.6) is 17.2 Å². The lowest BCUT2D eigenvalue weighted by Crippen LogP contribution is -2.35. The Balaban J connectivity index is 2.18. The van der Waals surface area contributed by atoms with E-state index in [9.17, 15) is 4.79 Å². The number of anilines is 1. The molecule has 1 fully saturated rings. The zero-order valence-electron chi connectivity index (χ0n) is 12.5. The first kappa shape index (κ1) is 15.2. The molecular weight excluding hydrogens is 274 g/mol. The van der Waals surface area contributed by atoms with Gasteiger partial charge < -0.3 is 30.2 Å². The summed E-state index contributed by atoms with van der Waals surface area (Å²) >= 11 is 0. The number of benzene rings is 1. The monoisotopic (exact) mass is 295 g/mol. The summed E-state index contributed by atoms with van der Waals surface area (Å²) in [5.74, 6) is 1.47. The van der Waals surface area contributed by atoms with Crippen LogP contribution in [0.15, 0.2) is 12.1 Å². The summed E-state index contributed by atoms with van der Waals surface area (Å²) in [5, 5.41) is 2.82. The van der Waals surface area contributed by atoms with E-state index in [4.69, 9.17) is 19.9 Å². The molecule has 1 aromatic rings. The molecule has 1 atom stereocenters. The van der Waals surface area contributed by atoms with Crippen LogP contribution in [0.1, 0.15) is 6.42 Å².